The molecule has 0 bridgehead atoms. The number of ether oxygens (including phenoxy) is 3. The molecule has 0 radical (unpaired) electrons. The van der Waals surface area contributed by atoms with E-state index in [1.165, 1.54) is 49.1 Å². The standard InChI is InChI=1S/C17H18N2O8S/c1-25-13-5-4-11(8-12(13)19(23)24)17(22)27-7-3-6-18-14(20)10-28-15(18)9-16(21)26-2/h4-5,8-9H,3,6-7,10H2,1-2H3/b15-9+. The van der Waals surface area contributed by atoms with Crippen molar-refractivity contribution in [3.8, 4) is 5.75 Å². The Kier molecular flexibility index (Phi) is 7.38. The van der Waals surface area contributed by atoms with Crippen molar-refractivity contribution < 1.29 is 33.5 Å². The maximum absolute atomic E-state index is 12.1. The van der Waals surface area contributed by atoms with Gasteiger partial charge in [0.25, 0.3) is 0 Å². The summed E-state index contributed by atoms with van der Waals surface area (Å²) in [6.45, 7) is 0.253. The summed E-state index contributed by atoms with van der Waals surface area (Å²) >= 11 is 1.22. The summed E-state index contributed by atoms with van der Waals surface area (Å²) in [5.74, 6) is -1.18. The SMILES string of the molecule is COC(=O)/C=C1/SCC(=O)N1CCCOC(=O)c1ccc(OC)c([N+](=O)[O-])c1. The van der Waals surface area contributed by atoms with E-state index in [9.17, 15) is 24.5 Å². The normalized spacial score (nSPS) is 14.9. The van der Waals surface area contributed by atoms with Gasteiger partial charge in [-0.15, -0.1) is 0 Å². The fourth-order valence-corrected chi connectivity index (χ4v) is 3.31. The van der Waals surface area contributed by atoms with E-state index < -0.39 is 16.9 Å². The fourth-order valence-electron chi connectivity index (χ4n) is 2.36. The number of amides is 1. The van der Waals surface area contributed by atoms with E-state index in [1.54, 1.807) is 0 Å². The Morgan fingerprint density at radius 3 is 2.75 bits per heavy atom. The Morgan fingerprint density at radius 2 is 2.11 bits per heavy atom. The van der Waals surface area contributed by atoms with Gasteiger partial charge in [0.2, 0.25) is 5.91 Å². The van der Waals surface area contributed by atoms with E-state index in [2.05, 4.69) is 4.74 Å². The van der Waals surface area contributed by atoms with Crippen LogP contribution in [0.15, 0.2) is 29.3 Å². The van der Waals surface area contributed by atoms with Gasteiger partial charge in [0.1, 0.15) is 0 Å². The topological polar surface area (TPSA) is 125 Å². The van der Waals surface area contributed by atoms with Crippen LogP contribution in [0.5, 0.6) is 5.75 Å². The zero-order chi connectivity index (χ0) is 20.7. The third kappa shape index (κ3) is 5.22. The van der Waals surface area contributed by atoms with Crippen molar-refractivity contribution in [2.45, 2.75) is 6.42 Å². The minimum Gasteiger partial charge on any atom is -0.490 e. The van der Waals surface area contributed by atoms with Crippen LogP contribution in [0.1, 0.15) is 16.8 Å². The van der Waals surface area contributed by atoms with Gasteiger partial charge in [-0.05, 0) is 18.6 Å². The highest BCUT2D eigenvalue weighted by atomic mass is 32.2. The molecule has 1 aliphatic heterocycles. The molecule has 0 unspecified atom stereocenters. The van der Waals surface area contributed by atoms with Crippen LogP contribution in [0, 0.1) is 10.1 Å². The number of carbonyl (C=O) groups excluding carboxylic acids is 3. The van der Waals surface area contributed by atoms with Crippen LogP contribution >= 0.6 is 11.8 Å². The third-order valence-electron chi connectivity index (χ3n) is 3.72. The predicted octanol–water partition coefficient (Wildman–Crippen LogP) is 1.74. The van der Waals surface area contributed by atoms with Gasteiger partial charge < -0.3 is 19.1 Å². The minimum absolute atomic E-state index is 0.00138. The molecule has 1 aliphatic rings. The van der Waals surface area contributed by atoms with Crippen molar-refractivity contribution in [3.63, 3.8) is 0 Å². The third-order valence-corrected chi connectivity index (χ3v) is 4.75. The number of carbonyl (C=O) groups is 3. The second-order valence-electron chi connectivity index (χ2n) is 5.47. The monoisotopic (exact) mass is 410 g/mol. The maximum atomic E-state index is 12.1. The molecule has 1 aromatic carbocycles. The van der Waals surface area contributed by atoms with Gasteiger partial charge in [-0.2, -0.15) is 0 Å². The van der Waals surface area contributed by atoms with Gasteiger partial charge in [0.15, 0.2) is 5.75 Å². The highest BCUT2D eigenvalue weighted by molar-refractivity contribution is 8.04. The summed E-state index contributed by atoms with van der Waals surface area (Å²) < 4.78 is 14.5. The second kappa shape index (κ2) is 9.74. The number of methoxy groups -OCH3 is 2. The van der Waals surface area contributed by atoms with E-state index in [1.807, 2.05) is 0 Å². The Morgan fingerprint density at radius 1 is 1.36 bits per heavy atom. The Bertz CT molecular complexity index is 823. The fraction of sp³-hybridized carbons (Fsp3) is 0.353. The van der Waals surface area contributed by atoms with Crippen molar-refractivity contribution in [1.29, 1.82) is 0 Å². The number of esters is 2. The smallest absolute Gasteiger partial charge is 0.338 e. The lowest BCUT2D eigenvalue weighted by Crippen LogP contribution is -2.27. The van der Waals surface area contributed by atoms with E-state index >= 15 is 0 Å². The lowest BCUT2D eigenvalue weighted by molar-refractivity contribution is -0.385. The Hall–Kier alpha value is -3.08. The molecular weight excluding hydrogens is 392 g/mol. The van der Waals surface area contributed by atoms with Crippen LogP contribution in [-0.4, -0.2) is 60.8 Å². The molecule has 0 atom stereocenters. The second-order valence-corrected chi connectivity index (χ2v) is 6.47. The molecular formula is C17H18N2O8S. The van der Waals surface area contributed by atoms with Gasteiger partial charge in [-0.1, -0.05) is 11.8 Å². The van der Waals surface area contributed by atoms with Gasteiger partial charge in [-0.25, -0.2) is 9.59 Å². The number of nitrogens with zero attached hydrogens (tertiary/aromatic N) is 2. The van der Waals surface area contributed by atoms with Crippen molar-refractivity contribution >= 4 is 35.3 Å². The summed E-state index contributed by atoms with van der Waals surface area (Å²) in [5, 5.41) is 11.5. The maximum Gasteiger partial charge on any atom is 0.338 e. The Labute approximate surface area is 164 Å². The van der Waals surface area contributed by atoms with Gasteiger partial charge in [0, 0.05) is 12.6 Å². The molecule has 10 nitrogen and oxygen atoms in total. The first kappa shape index (κ1) is 21.2. The number of nitro groups is 1. The van der Waals surface area contributed by atoms with E-state index in [0.717, 1.165) is 6.07 Å². The molecule has 0 saturated carbocycles. The summed E-state index contributed by atoms with van der Waals surface area (Å²) in [7, 11) is 2.54. The van der Waals surface area contributed by atoms with Crippen LogP contribution in [0.25, 0.3) is 0 Å². The highest BCUT2D eigenvalue weighted by Gasteiger charge is 2.27. The first-order valence-corrected chi connectivity index (χ1v) is 9.08. The largest absolute Gasteiger partial charge is 0.490 e. The molecule has 0 aromatic heterocycles. The number of hydrogen-bond donors (Lipinski definition) is 0. The van der Waals surface area contributed by atoms with E-state index in [-0.39, 0.29) is 41.8 Å². The molecule has 1 aromatic rings. The summed E-state index contributed by atoms with van der Waals surface area (Å²) in [5.41, 5.74) is -0.319. The van der Waals surface area contributed by atoms with Crippen molar-refractivity contribution in [1.82, 2.24) is 4.90 Å². The first-order chi connectivity index (χ1) is 13.4. The van der Waals surface area contributed by atoms with Crippen LogP contribution in [0.4, 0.5) is 5.69 Å². The number of thioether (sulfide) groups is 1. The average Bonchev–Trinajstić information content (AvgIpc) is 3.03. The molecule has 0 spiro atoms. The number of nitro benzene ring substituents is 1. The molecule has 1 saturated heterocycles. The van der Waals surface area contributed by atoms with Gasteiger partial charge in [0.05, 0.1) is 48.2 Å². The molecule has 1 fully saturated rings. The number of benzene rings is 1. The molecule has 1 amide bonds. The molecule has 11 heteroatoms. The molecule has 0 aliphatic carbocycles. The van der Waals surface area contributed by atoms with Crippen LogP contribution in [0.3, 0.4) is 0 Å². The lowest BCUT2D eigenvalue weighted by Gasteiger charge is -2.16. The van der Waals surface area contributed by atoms with Gasteiger partial charge in [-0.3, -0.25) is 14.9 Å². The molecule has 2 rings (SSSR count). The van der Waals surface area contributed by atoms with Crippen LogP contribution < -0.4 is 4.74 Å². The first-order valence-electron chi connectivity index (χ1n) is 8.09. The van der Waals surface area contributed by atoms with Gasteiger partial charge >= 0.3 is 17.6 Å². The summed E-state index contributed by atoms with van der Waals surface area (Å²) in [6.07, 6.45) is 1.56. The van der Waals surface area contributed by atoms with Crippen LogP contribution in [0.2, 0.25) is 0 Å². The zero-order valence-corrected chi connectivity index (χ0v) is 16.0. The molecule has 0 N–H and O–H groups in total. The van der Waals surface area contributed by atoms with Crippen molar-refractivity contribution in [3.05, 3.63) is 45.0 Å². The summed E-state index contributed by atoms with van der Waals surface area (Å²) in [4.78, 5) is 47.1. The number of hydrogen-bond acceptors (Lipinski definition) is 9. The van der Waals surface area contributed by atoms with Crippen molar-refractivity contribution in [2.24, 2.45) is 0 Å². The van der Waals surface area contributed by atoms with Crippen molar-refractivity contribution in [2.75, 3.05) is 33.1 Å². The zero-order valence-electron chi connectivity index (χ0n) is 15.2. The van der Waals surface area contributed by atoms with Crippen LogP contribution in [-0.2, 0) is 19.1 Å². The molecule has 28 heavy (non-hydrogen) atoms. The molecule has 1 heterocycles. The summed E-state index contributed by atoms with van der Waals surface area (Å²) in [6, 6.07) is 3.77. The number of rotatable bonds is 8. The Balaban J connectivity index is 1.91. The minimum atomic E-state index is -0.724. The highest BCUT2D eigenvalue weighted by Crippen LogP contribution is 2.29. The molecule has 150 valence electrons. The van der Waals surface area contributed by atoms with E-state index in [4.69, 9.17) is 9.47 Å². The predicted molar refractivity (Wildman–Crippen MR) is 98.8 cm³/mol. The van der Waals surface area contributed by atoms with E-state index in [0.29, 0.717) is 11.4 Å². The lowest BCUT2D eigenvalue weighted by atomic mass is 10.2. The average molecular weight is 410 g/mol. The quantitative estimate of drug-likeness (QED) is 0.207.